The molecule has 0 radical (unpaired) electrons. The molecule has 2 fully saturated rings. The molecule has 0 heterocycles. The molecule has 1 aromatic carbocycles. The standard InChI is InChI=1S/C16H21ClN2O2/c1-16(2,14-12-7-11(21-18)8-13(12)14)15(20)19-10-5-3-9(17)4-6-10/h3-6,11-14H,7-8,18H2,1-2H3,(H,19,20)/t11-,12+,13-,14-. The van der Waals surface area contributed by atoms with Crippen LogP contribution in [0, 0.1) is 23.2 Å². The van der Waals surface area contributed by atoms with Crippen molar-refractivity contribution in [3.05, 3.63) is 29.3 Å². The summed E-state index contributed by atoms with van der Waals surface area (Å²) < 4.78 is 0. The zero-order valence-electron chi connectivity index (χ0n) is 12.3. The SMILES string of the molecule is CC(C)(C(=O)Nc1ccc(Cl)cc1)[C@H]1[C@@H]2C[C@H](ON)C[C@@H]21. The molecule has 0 aromatic heterocycles. The average molecular weight is 309 g/mol. The monoisotopic (exact) mass is 308 g/mol. The first-order valence-corrected chi connectivity index (χ1v) is 7.74. The molecule has 114 valence electrons. The highest BCUT2D eigenvalue weighted by atomic mass is 35.5. The lowest BCUT2D eigenvalue weighted by Crippen LogP contribution is -2.35. The second-order valence-corrected chi connectivity index (χ2v) is 7.20. The Bertz CT molecular complexity index is 532. The largest absolute Gasteiger partial charge is 0.326 e. The van der Waals surface area contributed by atoms with E-state index in [1.165, 1.54) is 0 Å². The van der Waals surface area contributed by atoms with Gasteiger partial charge >= 0.3 is 0 Å². The lowest BCUT2D eigenvalue weighted by atomic mass is 9.82. The first kappa shape index (κ1) is 14.8. The molecule has 5 heteroatoms. The van der Waals surface area contributed by atoms with Gasteiger partial charge in [0.15, 0.2) is 0 Å². The molecule has 0 saturated heterocycles. The molecule has 4 nitrogen and oxygen atoms in total. The molecule has 2 aliphatic carbocycles. The van der Waals surface area contributed by atoms with Gasteiger partial charge in [0, 0.05) is 16.1 Å². The van der Waals surface area contributed by atoms with Crippen LogP contribution in [0.2, 0.25) is 5.02 Å². The quantitative estimate of drug-likeness (QED) is 0.839. The number of fused-ring (bicyclic) bond motifs is 1. The lowest BCUT2D eigenvalue weighted by Gasteiger charge is -2.26. The Balaban J connectivity index is 1.63. The van der Waals surface area contributed by atoms with E-state index in [-0.39, 0.29) is 17.4 Å². The van der Waals surface area contributed by atoms with E-state index in [9.17, 15) is 4.79 Å². The topological polar surface area (TPSA) is 64.3 Å². The van der Waals surface area contributed by atoms with Crippen LogP contribution < -0.4 is 11.2 Å². The molecule has 0 bridgehead atoms. The molecule has 1 amide bonds. The zero-order valence-corrected chi connectivity index (χ0v) is 13.1. The molecule has 21 heavy (non-hydrogen) atoms. The van der Waals surface area contributed by atoms with Crippen LogP contribution in [0.3, 0.4) is 0 Å². The highest BCUT2D eigenvalue weighted by molar-refractivity contribution is 6.30. The van der Waals surface area contributed by atoms with Gasteiger partial charge in [-0.05, 0) is 54.9 Å². The van der Waals surface area contributed by atoms with E-state index in [4.69, 9.17) is 22.3 Å². The number of carbonyl (C=O) groups is 1. The Labute approximate surface area is 129 Å². The van der Waals surface area contributed by atoms with E-state index in [0.717, 1.165) is 18.5 Å². The second-order valence-electron chi connectivity index (χ2n) is 6.77. The minimum atomic E-state index is -0.380. The average Bonchev–Trinajstić information content (AvgIpc) is 2.98. The molecule has 2 saturated carbocycles. The van der Waals surface area contributed by atoms with Crippen molar-refractivity contribution in [2.75, 3.05) is 5.32 Å². The summed E-state index contributed by atoms with van der Waals surface area (Å²) in [5.74, 6) is 6.89. The number of carbonyl (C=O) groups excluding carboxylic acids is 1. The Morgan fingerprint density at radius 1 is 1.29 bits per heavy atom. The second kappa shape index (κ2) is 5.27. The van der Waals surface area contributed by atoms with Crippen LogP contribution in [0.4, 0.5) is 5.69 Å². The van der Waals surface area contributed by atoms with Crippen LogP contribution >= 0.6 is 11.6 Å². The van der Waals surface area contributed by atoms with Crippen LogP contribution in [0.1, 0.15) is 26.7 Å². The van der Waals surface area contributed by atoms with Gasteiger partial charge in [-0.15, -0.1) is 0 Å². The number of hydrogen-bond acceptors (Lipinski definition) is 3. The summed E-state index contributed by atoms with van der Waals surface area (Å²) in [6.07, 6.45) is 2.12. The van der Waals surface area contributed by atoms with E-state index >= 15 is 0 Å². The number of anilines is 1. The van der Waals surface area contributed by atoms with E-state index < -0.39 is 0 Å². The van der Waals surface area contributed by atoms with Crippen molar-refractivity contribution in [3.8, 4) is 0 Å². The van der Waals surface area contributed by atoms with Crippen LogP contribution in [0.15, 0.2) is 24.3 Å². The van der Waals surface area contributed by atoms with Crippen molar-refractivity contribution in [2.24, 2.45) is 29.1 Å². The molecule has 4 atom stereocenters. The number of halogens is 1. The predicted octanol–water partition coefficient (Wildman–Crippen LogP) is 3.22. The first-order chi connectivity index (χ1) is 9.93. The van der Waals surface area contributed by atoms with Gasteiger partial charge in [0.05, 0.1) is 6.10 Å². The molecule has 3 rings (SSSR count). The molecular weight excluding hydrogens is 288 g/mol. The number of nitrogens with two attached hydrogens (primary N) is 1. The fourth-order valence-electron chi connectivity index (χ4n) is 3.95. The summed E-state index contributed by atoms with van der Waals surface area (Å²) in [5, 5.41) is 3.66. The number of amides is 1. The highest BCUT2D eigenvalue weighted by Gasteiger charge is 2.63. The summed E-state index contributed by atoms with van der Waals surface area (Å²) in [7, 11) is 0. The number of rotatable bonds is 4. The molecular formula is C16H21ClN2O2. The van der Waals surface area contributed by atoms with Crippen molar-refractivity contribution >= 4 is 23.2 Å². The van der Waals surface area contributed by atoms with Crippen LogP contribution in [-0.2, 0) is 9.63 Å². The fourth-order valence-corrected chi connectivity index (χ4v) is 4.08. The molecule has 0 aliphatic heterocycles. The minimum absolute atomic E-state index is 0.0643. The Kier molecular flexibility index (Phi) is 3.72. The van der Waals surface area contributed by atoms with Crippen molar-refractivity contribution in [1.29, 1.82) is 0 Å². The van der Waals surface area contributed by atoms with Gasteiger partial charge in [0.2, 0.25) is 5.91 Å². The minimum Gasteiger partial charge on any atom is -0.326 e. The van der Waals surface area contributed by atoms with Gasteiger partial charge in [-0.3, -0.25) is 4.79 Å². The smallest absolute Gasteiger partial charge is 0.230 e. The van der Waals surface area contributed by atoms with Gasteiger partial charge in [-0.2, -0.15) is 0 Å². The van der Waals surface area contributed by atoms with E-state index in [1.807, 2.05) is 26.0 Å². The third kappa shape index (κ3) is 2.68. The number of hydrogen-bond donors (Lipinski definition) is 2. The Hall–Kier alpha value is -1.10. The summed E-state index contributed by atoms with van der Waals surface area (Å²) >= 11 is 5.86. The van der Waals surface area contributed by atoms with Crippen LogP contribution in [-0.4, -0.2) is 12.0 Å². The maximum Gasteiger partial charge on any atom is 0.230 e. The predicted molar refractivity (Wildman–Crippen MR) is 82.6 cm³/mol. The van der Waals surface area contributed by atoms with Crippen molar-refractivity contribution in [3.63, 3.8) is 0 Å². The summed E-state index contributed by atoms with van der Waals surface area (Å²) in [6.45, 7) is 4.05. The summed E-state index contributed by atoms with van der Waals surface area (Å²) in [4.78, 5) is 17.5. The first-order valence-electron chi connectivity index (χ1n) is 7.36. The molecule has 0 spiro atoms. The normalized spacial score (nSPS) is 30.9. The van der Waals surface area contributed by atoms with Crippen LogP contribution in [0.25, 0.3) is 0 Å². The summed E-state index contributed by atoms with van der Waals surface area (Å²) in [6, 6.07) is 7.20. The van der Waals surface area contributed by atoms with Gasteiger partial charge in [-0.25, -0.2) is 5.90 Å². The van der Waals surface area contributed by atoms with Crippen LogP contribution in [0.5, 0.6) is 0 Å². The maximum absolute atomic E-state index is 12.6. The number of nitrogens with one attached hydrogen (secondary N) is 1. The third-order valence-electron chi connectivity index (χ3n) is 5.11. The van der Waals surface area contributed by atoms with E-state index in [0.29, 0.717) is 22.8 Å². The highest BCUT2D eigenvalue weighted by Crippen LogP contribution is 2.64. The molecule has 3 N–H and O–H groups in total. The lowest BCUT2D eigenvalue weighted by molar-refractivity contribution is -0.125. The van der Waals surface area contributed by atoms with Gasteiger partial charge < -0.3 is 10.2 Å². The van der Waals surface area contributed by atoms with E-state index in [1.54, 1.807) is 12.1 Å². The molecule has 2 aliphatic rings. The number of benzene rings is 1. The van der Waals surface area contributed by atoms with Crippen molar-refractivity contribution in [1.82, 2.24) is 0 Å². The van der Waals surface area contributed by atoms with Gasteiger partial charge in [-0.1, -0.05) is 25.4 Å². The van der Waals surface area contributed by atoms with Crippen molar-refractivity contribution < 1.29 is 9.63 Å². The Morgan fingerprint density at radius 2 is 1.86 bits per heavy atom. The summed E-state index contributed by atoms with van der Waals surface area (Å²) in [5.41, 5.74) is 0.403. The maximum atomic E-state index is 12.6. The molecule has 0 unspecified atom stereocenters. The van der Waals surface area contributed by atoms with E-state index in [2.05, 4.69) is 5.32 Å². The van der Waals surface area contributed by atoms with Gasteiger partial charge in [0.1, 0.15) is 0 Å². The molecule has 1 aromatic rings. The zero-order chi connectivity index (χ0) is 15.2. The third-order valence-corrected chi connectivity index (χ3v) is 5.37. The fraction of sp³-hybridized carbons (Fsp3) is 0.562. The Morgan fingerprint density at radius 3 is 2.38 bits per heavy atom. The van der Waals surface area contributed by atoms with Crippen molar-refractivity contribution in [2.45, 2.75) is 32.8 Å². The van der Waals surface area contributed by atoms with Gasteiger partial charge in [0.25, 0.3) is 0 Å².